The van der Waals surface area contributed by atoms with Crippen LogP contribution in [0.3, 0.4) is 0 Å². The van der Waals surface area contributed by atoms with Gasteiger partial charge in [-0.05, 0) is 62.9 Å². The summed E-state index contributed by atoms with van der Waals surface area (Å²) in [6, 6.07) is 15.7. The number of rotatable bonds is 10. The van der Waals surface area contributed by atoms with E-state index in [1.54, 1.807) is 18.3 Å². The summed E-state index contributed by atoms with van der Waals surface area (Å²) < 4.78 is 3.68. The van der Waals surface area contributed by atoms with Gasteiger partial charge in [-0.15, -0.1) is 24.0 Å². The number of aliphatic imine (C=N–C) groups is 1. The van der Waals surface area contributed by atoms with E-state index in [9.17, 15) is 4.79 Å². The molecule has 0 atom stereocenters. The predicted octanol–water partition coefficient (Wildman–Crippen LogP) is 3.54. The second-order valence-corrected chi connectivity index (χ2v) is 7.42. The highest BCUT2D eigenvalue weighted by atomic mass is 127. The van der Waals surface area contributed by atoms with E-state index >= 15 is 0 Å². The number of unbranched alkanes of at least 4 members (excludes halogenated alkanes) is 1. The Kier molecular flexibility index (Phi) is 11.0. The summed E-state index contributed by atoms with van der Waals surface area (Å²) in [7, 11) is 0. The Morgan fingerprint density at radius 1 is 1.06 bits per heavy atom. The van der Waals surface area contributed by atoms with Crippen LogP contribution < -0.4 is 16.2 Å². The highest BCUT2D eigenvalue weighted by Gasteiger charge is 2.01. The molecule has 0 amide bonds. The number of nitrogens with zero attached hydrogens (tertiary/aromatic N) is 4. The van der Waals surface area contributed by atoms with E-state index in [1.165, 1.54) is 5.56 Å². The van der Waals surface area contributed by atoms with Crippen molar-refractivity contribution in [2.24, 2.45) is 4.99 Å². The van der Waals surface area contributed by atoms with Crippen molar-refractivity contribution in [3.63, 3.8) is 0 Å². The van der Waals surface area contributed by atoms with Crippen LogP contribution in [-0.4, -0.2) is 39.9 Å². The van der Waals surface area contributed by atoms with Crippen LogP contribution in [0.15, 0.2) is 70.7 Å². The van der Waals surface area contributed by atoms with Crippen molar-refractivity contribution in [1.82, 2.24) is 25.0 Å². The summed E-state index contributed by atoms with van der Waals surface area (Å²) in [6.45, 7) is 7.14. The van der Waals surface area contributed by atoms with Gasteiger partial charge in [0.25, 0.3) is 5.56 Å². The van der Waals surface area contributed by atoms with Crippen molar-refractivity contribution in [2.45, 2.75) is 39.7 Å². The van der Waals surface area contributed by atoms with Crippen LogP contribution in [0.2, 0.25) is 0 Å². The maximum atomic E-state index is 11.9. The molecule has 0 radical (unpaired) electrons. The number of halogens is 1. The number of benzene rings is 1. The van der Waals surface area contributed by atoms with Gasteiger partial charge in [0.05, 0.1) is 5.69 Å². The summed E-state index contributed by atoms with van der Waals surface area (Å²) in [6.07, 6.45) is 6.50. The highest BCUT2D eigenvalue weighted by molar-refractivity contribution is 14.0. The molecular weight excluding hydrogens is 515 g/mol. The molecule has 0 aliphatic carbocycles. The molecule has 0 aliphatic heterocycles. The van der Waals surface area contributed by atoms with E-state index in [2.05, 4.69) is 51.9 Å². The van der Waals surface area contributed by atoms with Crippen LogP contribution in [0.5, 0.6) is 0 Å². The van der Waals surface area contributed by atoms with Gasteiger partial charge in [-0.3, -0.25) is 9.79 Å². The third kappa shape index (κ3) is 7.81. The van der Waals surface area contributed by atoms with Gasteiger partial charge in [-0.2, -0.15) is 5.10 Å². The Balaban J connectivity index is 0.00000363. The molecule has 0 spiro atoms. The lowest BCUT2D eigenvalue weighted by Gasteiger charge is -2.12. The molecule has 3 aromatic rings. The van der Waals surface area contributed by atoms with Crippen molar-refractivity contribution >= 4 is 29.9 Å². The van der Waals surface area contributed by atoms with Crippen molar-refractivity contribution in [3.05, 3.63) is 82.5 Å². The molecule has 1 aromatic carbocycles. The van der Waals surface area contributed by atoms with Gasteiger partial charge in [0.15, 0.2) is 5.96 Å². The molecule has 3 rings (SSSR count). The van der Waals surface area contributed by atoms with E-state index in [0.717, 1.165) is 62.8 Å². The predicted molar refractivity (Wildman–Crippen MR) is 141 cm³/mol. The van der Waals surface area contributed by atoms with Crippen molar-refractivity contribution in [3.8, 4) is 5.69 Å². The first-order valence-corrected chi connectivity index (χ1v) is 10.9. The molecule has 0 unspecified atom stereocenters. The van der Waals surface area contributed by atoms with E-state index in [0.29, 0.717) is 0 Å². The summed E-state index contributed by atoms with van der Waals surface area (Å²) in [5.41, 5.74) is 3.40. The number of nitrogens with one attached hydrogen (secondary N) is 2. The van der Waals surface area contributed by atoms with E-state index in [4.69, 9.17) is 0 Å². The second kappa shape index (κ2) is 13.7. The summed E-state index contributed by atoms with van der Waals surface area (Å²) in [4.78, 5) is 16.6. The topological polar surface area (TPSA) is 76.2 Å². The van der Waals surface area contributed by atoms with Crippen molar-refractivity contribution in [2.75, 3.05) is 19.6 Å². The largest absolute Gasteiger partial charge is 0.357 e. The molecule has 0 bridgehead atoms. The van der Waals surface area contributed by atoms with Gasteiger partial charge in [0.2, 0.25) is 0 Å². The SMILES string of the molecule is CCNC(=NCCCCn1c(C)cccc1=O)NCCc1ccc(-n2cccn2)cc1.I. The molecule has 2 N–H and O–H groups in total. The molecule has 2 heterocycles. The number of aryl methyl sites for hydroxylation is 1. The number of hydrogen-bond acceptors (Lipinski definition) is 3. The molecule has 172 valence electrons. The van der Waals surface area contributed by atoms with Crippen LogP contribution in [0, 0.1) is 6.92 Å². The van der Waals surface area contributed by atoms with E-state index in [-0.39, 0.29) is 29.5 Å². The Morgan fingerprint density at radius 3 is 2.56 bits per heavy atom. The van der Waals surface area contributed by atoms with Crippen LogP contribution in [0.4, 0.5) is 0 Å². The summed E-state index contributed by atoms with van der Waals surface area (Å²) in [5.74, 6) is 0.837. The minimum Gasteiger partial charge on any atom is -0.357 e. The number of guanidine groups is 1. The highest BCUT2D eigenvalue weighted by Crippen LogP contribution is 2.08. The normalized spacial score (nSPS) is 11.1. The number of hydrogen-bond donors (Lipinski definition) is 2. The maximum Gasteiger partial charge on any atom is 0.250 e. The Labute approximate surface area is 207 Å². The van der Waals surface area contributed by atoms with Gasteiger partial charge in [0, 0.05) is 50.3 Å². The molecule has 7 nitrogen and oxygen atoms in total. The van der Waals surface area contributed by atoms with E-state index < -0.39 is 0 Å². The minimum atomic E-state index is 0. The van der Waals surface area contributed by atoms with Crippen molar-refractivity contribution in [1.29, 1.82) is 0 Å². The van der Waals surface area contributed by atoms with Crippen molar-refractivity contribution < 1.29 is 0 Å². The van der Waals surface area contributed by atoms with Gasteiger partial charge >= 0.3 is 0 Å². The quantitative estimate of drug-likeness (QED) is 0.176. The standard InChI is InChI=1S/C24H32N6O.HI/c1-3-25-24(26-15-4-5-18-29-20(2)8-6-9-23(29)31)27-17-14-21-10-12-22(13-11-21)30-19-7-16-28-30;/h6-13,16,19H,3-5,14-15,17-18H2,1-2H3,(H2,25,26,27);1H. The Bertz CT molecular complexity index is 1010. The van der Waals surface area contributed by atoms with Crippen LogP contribution in [0.1, 0.15) is 31.0 Å². The fraction of sp³-hybridized carbons (Fsp3) is 0.375. The van der Waals surface area contributed by atoms with Gasteiger partial charge in [0.1, 0.15) is 0 Å². The zero-order valence-corrected chi connectivity index (χ0v) is 21.2. The zero-order chi connectivity index (χ0) is 21.9. The van der Waals surface area contributed by atoms with Gasteiger partial charge in [-0.25, -0.2) is 4.68 Å². The number of aromatic nitrogens is 3. The van der Waals surface area contributed by atoms with Gasteiger partial charge in [-0.1, -0.05) is 18.2 Å². The van der Waals surface area contributed by atoms with Crippen LogP contribution in [0.25, 0.3) is 5.69 Å². The molecule has 0 fully saturated rings. The fourth-order valence-electron chi connectivity index (χ4n) is 3.39. The fourth-order valence-corrected chi connectivity index (χ4v) is 3.39. The molecule has 2 aromatic heterocycles. The Morgan fingerprint density at radius 2 is 1.88 bits per heavy atom. The first-order chi connectivity index (χ1) is 15.2. The molecule has 0 aliphatic rings. The minimum absolute atomic E-state index is 0. The molecular formula is C24H33IN6O. The summed E-state index contributed by atoms with van der Waals surface area (Å²) >= 11 is 0. The monoisotopic (exact) mass is 548 g/mol. The summed E-state index contributed by atoms with van der Waals surface area (Å²) in [5, 5.41) is 11.0. The number of pyridine rings is 1. The molecule has 0 saturated carbocycles. The molecule has 8 heteroatoms. The third-order valence-electron chi connectivity index (χ3n) is 5.08. The first kappa shape index (κ1) is 25.6. The molecule has 0 saturated heterocycles. The average molecular weight is 548 g/mol. The Hall–Kier alpha value is -2.62. The smallest absolute Gasteiger partial charge is 0.250 e. The lowest BCUT2D eigenvalue weighted by atomic mass is 10.1. The van der Waals surface area contributed by atoms with Crippen LogP contribution >= 0.6 is 24.0 Å². The van der Waals surface area contributed by atoms with Gasteiger partial charge < -0.3 is 15.2 Å². The maximum absolute atomic E-state index is 11.9. The average Bonchev–Trinajstić information content (AvgIpc) is 3.31. The molecule has 32 heavy (non-hydrogen) atoms. The van der Waals surface area contributed by atoms with Crippen LogP contribution in [-0.2, 0) is 13.0 Å². The lowest BCUT2D eigenvalue weighted by molar-refractivity contribution is 0.585. The second-order valence-electron chi connectivity index (χ2n) is 7.42. The third-order valence-corrected chi connectivity index (χ3v) is 5.08. The zero-order valence-electron chi connectivity index (χ0n) is 18.8. The lowest BCUT2D eigenvalue weighted by Crippen LogP contribution is -2.38. The first-order valence-electron chi connectivity index (χ1n) is 10.9. The van der Waals surface area contributed by atoms with E-state index in [1.807, 2.05) is 34.5 Å².